The van der Waals surface area contributed by atoms with Crippen LogP contribution < -0.4 is 5.32 Å². The normalized spacial score (nSPS) is 10.6. The Bertz CT molecular complexity index is 895. The summed E-state index contributed by atoms with van der Waals surface area (Å²) in [6.45, 7) is 2.07. The van der Waals surface area contributed by atoms with Crippen molar-refractivity contribution < 1.29 is 13.8 Å². The van der Waals surface area contributed by atoms with Crippen molar-refractivity contribution in [3.63, 3.8) is 0 Å². The van der Waals surface area contributed by atoms with Crippen molar-refractivity contribution in [1.82, 2.24) is 10.1 Å². The lowest BCUT2D eigenvalue weighted by Gasteiger charge is -2.06. The van der Waals surface area contributed by atoms with Crippen molar-refractivity contribution in [2.24, 2.45) is 0 Å². The third-order valence-corrected chi connectivity index (χ3v) is 3.41. The van der Waals surface area contributed by atoms with Gasteiger partial charge in [0.15, 0.2) is 0 Å². The van der Waals surface area contributed by atoms with Gasteiger partial charge >= 0.3 is 0 Å². The van der Waals surface area contributed by atoms with Gasteiger partial charge in [0.25, 0.3) is 5.69 Å². The molecule has 0 fully saturated rings. The maximum absolute atomic E-state index is 13.3. The summed E-state index contributed by atoms with van der Waals surface area (Å²) in [7, 11) is 0. The van der Waals surface area contributed by atoms with Crippen LogP contribution in [0.15, 0.2) is 47.0 Å². The quantitative estimate of drug-likeness (QED) is 0.567. The molecule has 0 radical (unpaired) electrons. The first-order valence-electron chi connectivity index (χ1n) is 7.10. The molecule has 0 aliphatic heterocycles. The lowest BCUT2D eigenvalue weighted by atomic mass is 10.2. The van der Waals surface area contributed by atoms with E-state index in [4.69, 9.17) is 4.52 Å². The highest BCUT2D eigenvalue weighted by Crippen LogP contribution is 2.22. The van der Waals surface area contributed by atoms with E-state index in [1.165, 1.54) is 24.3 Å². The van der Waals surface area contributed by atoms with Gasteiger partial charge in [-0.3, -0.25) is 10.1 Å². The average molecular weight is 328 g/mol. The van der Waals surface area contributed by atoms with E-state index in [9.17, 15) is 14.5 Å². The third-order valence-electron chi connectivity index (χ3n) is 3.41. The Morgan fingerprint density at radius 1 is 1.29 bits per heavy atom. The number of hydrogen-bond donors (Lipinski definition) is 1. The number of hydrogen-bond acceptors (Lipinski definition) is 6. The van der Waals surface area contributed by atoms with E-state index in [1.54, 1.807) is 18.2 Å². The molecule has 0 aliphatic rings. The molecule has 7 nitrogen and oxygen atoms in total. The number of nitro groups is 1. The molecule has 1 aromatic heterocycles. The molecule has 8 heteroatoms. The van der Waals surface area contributed by atoms with Crippen LogP contribution in [0, 0.1) is 22.9 Å². The van der Waals surface area contributed by atoms with Gasteiger partial charge in [-0.15, -0.1) is 0 Å². The second-order valence-corrected chi connectivity index (χ2v) is 5.13. The summed E-state index contributed by atoms with van der Waals surface area (Å²) in [4.78, 5) is 14.5. The Morgan fingerprint density at radius 2 is 2.12 bits per heavy atom. The summed E-state index contributed by atoms with van der Waals surface area (Å²) in [5, 5.41) is 17.6. The maximum Gasteiger partial charge on any atom is 0.270 e. The maximum atomic E-state index is 13.3. The fraction of sp³-hybridized carbons (Fsp3) is 0.125. The highest BCUT2D eigenvalue weighted by atomic mass is 19.1. The lowest BCUT2D eigenvalue weighted by molar-refractivity contribution is -0.384. The number of nitrogens with one attached hydrogen (secondary N) is 1. The second kappa shape index (κ2) is 6.45. The van der Waals surface area contributed by atoms with E-state index in [-0.39, 0.29) is 23.9 Å². The molecule has 0 saturated carbocycles. The van der Waals surface area contributed by atoms with Crippen LogP contribution in [0.5, 0.6) is 0 Å². The largest absolute Gasteiger partial charge is 0.376 e. The first-order valence-corrected chi connectivity index (χ1v) is 7.10. The van der Waals surface area contributed by atoms with Gasteiger partial charge in [0.2, 0.25) is 11.7 Å². The van der Waals surface area contributed by atoms with Crippen molar-refractivity contribution in [1.29, 1.82) is 0 Å². The predicted octanol–water partition coefficient (Wildman–Crippen LogP) is 3.70. The Balaban J connectivity index is 1.75. The summed E-state index contributed by atoms with van der Waals surface area (Å²) < 4.78 is 18.4. The van der Waals surface area contributed by atoms with E-state index >= 15 is 0 Å². The van der Waals surface area contributed by atoms with E-state index in [0.717, 1.165) is 5.56 Å². The summed E-state index contributed by atoms with van der Waals surface area (Å²) in [6, 6.07) is 10.4. The summed E-state index contributed by atoms with van der Waals surface area (Å²) in [6.07, 6.45) is 0. The van der Waals surface area contributed by atoms with Crippen LogP contribution in [0.2, 0.25) is 0 Å². The molecular formula is C16H13FN4O3. The van der Waals surface area contributed by atoms with E-state index in [1.807, 2.05) is 6.92 Å². The second-order valence-electron chi connectivity index (χ2n) is 5.13. The average Bonchev–Trinajstić information content (AvgIpc) is 3.05. The van der Waals surface area contributed by atoms with Gasteiger partial charge in [-0.05, 0) is 24.6 Å². The number of aryl methyl sites for hydroxylation is 1. The van der Waals surface area contributed by atoms with E-state index < -0.39 is 4.92 Å². The first kappa shape index (κ1) is 15.6. The van der Waals surface area contributed by atoms with Crippen LogP contribution in [0.4, 0.5) is 15.8 Å². The monoisotopic (exact) mass is 328 g/mol. The summed E-state index contributed by atoms with van der Waals surface area (Å²) >= 11 is 0. The number of aromatic nitrogens is 2. The van der Waals surface area contributed by atoms with Gasteiger partial charge in [0, 0.05) is 23.4 Å². The standard InChI is InChI=1S/C16H13FN4O3/c1-10-5-6-12(17)8-14(10)18-9-15-19-16(20-24-15)11-3-2-4-13(7-11)21(22)23/h2-8,18H,9H2,1H3. The van der Waals surface area contributed by atoms with E-state index in [2.05, 4.69) is 15.5 Å². The predicted molar refractivity (Wildman–Crippen MR) is 84.9 cm³/mol. The lowest BCUT2D eigenvalue weighted by Crippen LogP contribution is -2.01. The number of nitro benzene ring substituents is 1. The van der Waals surface area contributed by atoms with Crippen LogP contribution in [-0.4, -0.2) is 15.1 Å². The molecule has 0 atom stereocenters. The van der Waals surface area contributed by atoms with Crippen molar-refractivity contribution in [2.75, 3.05) is 5.32 Å². The summed E-state index contributed by atoms with van der Waals surface area (Å²) in [5.74, 6) is 0.206. The molecule has 24 heavy (non-hydrogen) atoms. The van der Waals surface area contributed by atoms with Crippen LogP contribution in [0.25, 0.3) is 11.4 Å². The molecule has 0 bridgehead atoms. The Kier molecular flexibility index (Phi) is 4.19. The van der Waals surface area contributed by atoms with Crippen LogP contribution >= 0.6 is 0 Å². The first-order chi connectivity index (χ1) is 11.5. The molecular weight excluding hydrogens is 315 g/mol. The zero-order valence-corrected chi connectivity index (χ0v) is 12.7. The topological polar surface area (TPSA) is 94.1 Å². The third kappa shape index (κ3) is 3.37. The number of anilines is 1. The van der Waals surface area contributed by atoms with Crippen LogP contribution in [-0.2, 0) is 6.54 Å². The number of halogens is 1. The van der Waals surface area contributed by atoms with Crippen molar-refractivity contribution in [3.8, 4) is 11.4 Å². The molecule has 0 unspecified atom stereocenters. The SMILES string of the molecule is Cc1ccc(F)cc1NCc1nc(-c2cccc([N+](=O)[O-])c2)no1. The molecule has 0 saturated heterocycles. The molecule has 1 heterocycles. The Hall–Kier alpha value is -3.29. The smallest absolute Gasteiger partial charge is 0.270 e. The number of non-ortho nitro benzene ring substituents is 1. The fourth-order valence-corrected chi connectivity index (χ4v) is 2.16. The van der Waals surface area contributed by atoms with Crippen molar-refractivity contribution in [3.05, 3.63) is 69.9 Å². The van der Waals surface area contributed by atoms with Gasteiger partial charge in [-0.2, -0.15) is 4.98 Å². The minimum absolute atomic E-state index is 0.0487. The highest BCUT2D eigenvalue weighted by molar-refractivity contribution is 5.58. The molecule has 1 N–H and O–H groups in total. The molecule has 0 aliphatic carbocycles. The summed E-state index contributed by atoms with van der Waals surface area (Å²) in [5.41, 5.74) is 1.95. The Labute approximate surface area is 136 Å². The van der Waals surface area contributed by atoms with Gasteiger partial charge in [-0.1, -0.05) is 23.4 Å². The van der Waals surface area contributed by atoms with Gasteiger partial charge in [-0.25, -0.2) is 4.39 Å². The number of nitrogens with zero attached hydrogens (tertiary/aromatic N) is 3. The minimum atomic E-state index is -0.487. The van der Waals surface area contributed by atoms with Crippen LogP contribution in [0.3, 0.4) is 0 Å². The molecule has 3 aromatic rings. The fourth-order valence-electron chi connectivity index (χ4n) is 2.16. The molecule has 0 spiro atoms. The van der Waals surface area contributed by atoms with Gasteiger partial charge < -0.3 is 9.84 Å². The van der Waals surface area contributed by atoms with Crippen LogP contribution in [0.1, 0.15) is 11.5 Å². The molecule has 2 aromatic carbocycles. The van der Waals surface area contributed by atoms with E-state index in [0.29, 0.717) is 17.1 Å². The molecule has 0 amide bonds. The number of benzene rings is 2. The molecule has 122 valence electrons. The Morgan fingerprint density at radius 3 is 2.92 bits per heavy atom. The van der Waals surface area contributed by atoms with Crippen molar-refractivity contribution >= 4 is 11.4 Å². The number of rotatable bonds is 5. The molecule has 3 rings (SSSR count). The van der Waals surface area contributed by atoms with Gasteiger partial charge in [0.05, 0.1) is 11.5 Å². The zero-order valence-electron chi connectivity index (χ0n) is 12.7. The van der Waals surface area contributed by atoms with Gasteiger partial charge in [0.1, 0.15) is 5.82 Å². The zero-order chi connectivity index (χ0) is 17.1. The highest BCUT2D eigenvalue weighted by Gasteiger charge is 2.12. The van der Waals surface area contributed by atoms with Crippen molar-refractivity contribution in [2.45, 2.75) is 13.5 Å². The minimum Gasteiger partial charge on any atom is -0.376 e.